The van der Waals surface area contributed by atoms with Crippen molar-refractivity contribution >= 4 is 34.4 Å². The molecule has 0 saturated carbocycles. The number of rotatable bonds is 8. The first-order chi connectivity index (χ1) is 24.3. The molecular weight excluding hydrogens is 609 g/mol. The Bertz CT molecular complexity index is 2100. The van der Waals surface area contributed by atoms with Crippen molar-refractivity contribution in [3.8, 4) is 22.3 Å². The van der Waals surface area contributed by atoms with E-state index < -0.39 is 0 Å². The van der Waals surface area contributed by atoms with Crippen molar-refractivity contribution in [1.82, 2.24) is 9.97 Å². The molecule has 0 N–H and O–H groups in total. The standard InChI is InChI=1S/C46H42N4/c1-31-24-33(3)44(34(4)25-31)50(45-35(5)26-32(2)27-36(45)6)42-20-18-41(19-21-42)49(46-47-22-13-23-48-46)43-29-39(37-14-9-7-10-15-37)28-40(30-43)38-16-11-8-12-17-38/h7-30H,1-6H3. The van der Waals surface area contributed by atoms with Crippen LogP contribution in [0.3, 0.4) is 0 Å². The maximum Gasteiger partial charge on any atom is 0.234 e. The molecule has 0 bridgehead atoms. The normalized spacial score (nSPS) is 11.0. The lowest BCUT2D eigenvalue weighted by Gasteiger charge is -2.32. The molecule has 1 heterocycles. The van der Waals surface area contributed by atoms with Crippen LogP contribution in [-0.4, -0.2) is 9.97 Å². The van der Waals surface area contributed by atoms with Crippen LogP contribution in [0.25, 0.3) is 22.3 Å². The highest BCUT2D eigenvalue weighted by molar-refractivity contribution is 5.87. The van der Waals surface area contributed by atoms with Gasteiger partial charge in [0.25, 0.3) is 0 Å². The van der Waals surface area contributed by atoms with Crippen molar-refractivity contribution in [3.63, 3.8) is 0 Å². The average Bonchev–Trinajstić information content (AvgIpc) is 3.12. The van der Waals surface area contributed by atoms with E-state index in [4.69, 9.17) is 9.97 Å². The van der Waals surface area contributed by atoms with Crippen molar-refractivity contribution in [2.75, 3.05) is 9.80 Å². The van der Waals surface area contributed by atoms with E-state index in [0.29, 0.717) is 5.95 Å². The second kappa shape index (κ2) is 13.9. The minimum Gasteiger partial charge on any atom is -0.309 e. The fraction of sp³-hybridized carbons (Fsp3) is 0.130. The zero-order valence-corrected chi connectivity index (χ0v) is 29.6. The quantitative estimate of drug-likeness (QED) is 0.164. The van der Waals surface area contributed by atoms with Crippen molar-refractivity contribution < 1.29 is 0 Å². The van der Waals surface area contributed by atoms with Crippen LogP contribution in [0, 0.1) is 41.5 Å². The van der Waals surface area contributed by atoms with Crippen LogP contribution in [0.2, 0.25) is 0 Å². The lowest BCUT2D eigenvalue weighted by atomic mass is 9.97. The van der Waals surface area contributed by atoms with Crippen molar-refractivity contribution in [1.29, 1.82) is 0 Å². The molecule has 6 aromatic carbocycles. The van der Waals surface area contributed by atoms with E-state index in [0.717, 1.165) is 39.3 Å². The van der Waals surface area contributed by atoms with E-state index in [1.807, 2.05) is 6.07 Å². The van der Waals surface area contributed by atoms with E-state index in [-0.39, 0.29) is 0 Å². The van der Waals surface area contributed by atoms with Gasteiger partial charge in [-0.25, -0.2) is 9.97 Å². The molecule has 1 aromatic heterocycles. The molecule has 0 aliphatic heterocycles. The van der Waals surface area contributed by atoms with Gasteiger partial charge >= 0.3 is 0 Å². The summed E-state index contributed by atoms with van der Waals surface area (Å²) in [5, 5.41) is 0. The largest absolute Gasteiger partial charge is 0.309 e. The molecule has 0 radical (unpaired) electrons. The second-order valence-corrected chi connectivity index (χ2v) is 13.2. The van der Waals surface area contributed by atoms with E-state index in [1.165, 1.54) is 44.8 Å². The number of hydrogen-bond donors (Lipinski definition) is 0. The fourth-order valence-corrected chi connectivity index (χ4v) is 7.29. The smallest absolute Gasteiger partial charge is 0.234 e. The monoisotopic (exact) mass is 650 g/mol. The number of nitrogens with zero attached hydrogens (tertiary/aromatic N) is 4. The lowest BCUT2D eigenvalue weighted by molar-refractivity contribution is 1.08. The predicted molar refractivity (Wildman–Crippen MR) is 211 cm³/mol. The SMILES string of the molecule is Cc1cc(C)c(N(c2ccc(N(c3cc(-c4ccccc4)cc(-c4ccccc4)c3)c3ncccn3)cc2)c2c(C)cc(C)cc2C)c(C)c1. The van der Waals surface area contributed by atoms with Gasteiger partial charge in [-0.3, -0.25) is 4.90 Å². The van der Waals surface area contributed by atoms with Gasteiger partial charge < -0.3 is 4.90 Å². The Morgan fingerprint density at radius 3 is 1.18 bits per heavy atom. The van der Waals surface area contributed by atoms with Gasteiger partial charge in [-0.15, -0.1) is 0 Å². The minimum atomic E-state index is 0.608. The third-order valence-electron chi connectivity index (χ3n) is 9.23. The Balaban J connectivity index is 1.41. The molecule has 7 rings (SSSR count). The summed E-state index contributed by atoms with van der Waals surface area (Å²) in [4.78, 5) is 14.1. The van der Waals surface area contributed by atoms with Crippen LogP contribution < -0.4 is 9.80 Å². The summed E-state index contributed by atoms with van der Waals surface area (Å²) in [5.41, 5.74) is 17.5. The molecule has 7 aromatic rings. The summed E-state index contributed by atoms with van der Waals surface area (Å²) in [6.07, 6.45) is 3.60. The Labute approximate surface area is 296 Å². The highest BCUT2D eigenvalue weighted by Crippen LogP contribution is 2.44. The van der Waals surface area contributed by atoms with E-state index >= 15 is 0 Å². The van der Waals surface area contributed by atoms with Crippen LogP contribution in [0.1, 0.15) is 33.4 Å². The van der Waals surface area contributed by atoms with Crippen LogP contribution in [0.5, 0.6) is 0 Å². The number of aryl methyl sites for hydroxylation is 6. The molecule has 0 atom stereocenters. The second-order valence-electron chi connectivity index (χ2n) is 13.2. The summed E-state index contributed by atoms with van der Waals surface area (Å²) in [6.45, 7) is 13.2. The van der Waals surface area contributed by atoms with E-state index in [2.05, 4.69) is 179 Å². The van der Waals surface area contributed by atoms with Crippen molar-refractivity contribution in [3.05, 3.63) is 179 Å². The molecule has 0 aliphatic carbocycles. The summed E-state index contributed by atoms with van der Waals surface area (Å²) in [5.74, 6) is 0.608. The third kappa shape index (κ3) is 6.53. The van der Waals surface area contributed by atoms with Gasteiger partial charge in [-0.05, 0) is 135 Å². The Morgan fingerprint density at radius 2 is 0.760 bits per heavy atom. The van der Waals surface area contributed by atoms with Gasteiger partial charge in [0.1, 0.15) is 0 Å². The van der Waals surface area contributed by atoms with Gasteiger partial charge in [0.05, 0.1) is 17.1 Å². The van der Waals surface area contributed by atoms with E-state index in [1.54, 1.807) is 12.4 Å². The van der Waals surface area contributed by atoms with Crippen LogP contribution >= 0.6 is 0 Å². The van der Waals surface area contributed by atoms with Crippen molar-refractivity contribution in [2.45, 2.75) is 41.5 Å². The summed E-state index contributed by atoms with van der Waals surface area (Å²) < 4.78 is 0. The Hall–Kier alpha value is -6.00. The van der Waals surface area contributed by atoms with E-state index in [9.17, 15) is 0 Å². The van der Waals surface area contributed by atoms with Gasteiger partial charge in [0, 0.05) is 23.8 Å². The van der Waals surface area contributed by atoms with Crippen LogP contribution in [0.15, 0.2) is 146 Å². The molecule has 50 heavy (non-hydrogen) atoms. The molecule has 4 heteroatoms. The number of aromatic nitrogens is 2. The van der Waals surface area contributed by atoms with Gasteiger partial charge in [-0.2, -0.15) is 0 Å². The Morgan fingerprint density at radius 1 is 0.360 bits per heavy atom. The fourth-order valence-electron chi connectivity index (χ4n) is 7.29. The molecule has 4 nitrogen and oxygen atoms in total. The van der Waals surface area contributed by atoms with Gasteiger partial charge in [-0.1, -0.05) is 96.1 Å². The first kappa shape index (κ1) is 32.5. The zero-order valence-electron chi connectivity index (χ0n) is 29.6. The average molecular weight is 651 g/mol. The predicted octanol–water partition coefficient (Wildman–Crippen LogP) is 12.6. The maximum atomic E-state index is 4.76. The van der Waals surface area contributed by atoms with Gasteiger partial charge in [0.15, 0.2) is 0 Å². The van der Waals surface area contributed by atoms with Gasteiger partial charge in [0.2, 0.25) is 5.95 Å². The number of hydrogen-bond acceptors (Lipinski definition) is 4. The molecule has 0 aliphatic rings. The number of anilines is 6. The minimum absolute atomic E-state index is 0.608. The first-order valence-electron chi connectivity index (χ1n) is 17.2. The highest BCUT2D eigenvalue weighted by Gasteiger charge is 2.23. The lowest BCUT2D eigenvalue weighted by Crippen LogP contribution is -2.17. The third-order valence-corrected chi connectivity index (χ3v) is 9.23. The highest BCUT2D eigenvalue weighted by atomic mass is 15.3. The molecule has 0 unspecified atom stereocenters. The topological polar surface area (TPSA) is 32.3 Å². The Kier molecular flexibility index (Phi) is 9.02. The molecule has 0 fully saturated rings. The molecule has 246 valence electrons. The number of benzene rings is 6. The van der Waals surface area contributed by atoms with Crippen LogP contribution in [-0.2, 0) is 0 Å². The summed E-state index contributed by atoms with van der Waals surface area (Å²) in [6, 6.07) is 47.6. The first-order valence-corrected chi connectivity index (χ1v) is 17.2. The molecule has 0 spiro atoms. The summed E-state index contributed by atoms with van der Waals surface area (Å²) in [7, 11) is 0. The van der Waals surface area contributed by atoms with Crippen molar-refractivity contribution in [2.24, 2.45) is 0 Å². The maximum absolute atomic E-state index is 4.76. The molecule has 0 amide bonds. The molecule has 0 saturated heterocycles. The zero-order chi connectivity index (χ0) is 34.8. The van der Waals surface area contributed by atoms with Crippen LogP contribution in [0.4, 0.5) is 34.4 Å². The molecular formula is C46H42N4. The summed E-state index contributed by atoms with van der Waals surface area (Å²) >= 11 is 0.